The van der Waals surface area contributed by atoms with Crippen molar-refractivity contribution in [3.8, 4) is 11.3 Å². The summed E-state index contributed by atoms with van der Waals surface area (Å²) in [5.41, 5.74) is 7.93. The molecule has 0 radical (unpaired) electrons. The fourth-order valence-electron chi connectivity index (χ4n) is 3.88. The van der Waals surface area contributed by atoms with Gasteiger partial charge in [-0.3, -0.25) is 4.79 Å². The lowest BCUT2D eigenvalue weighted by Gasteiger charge is -2.12. The maximum absolute atomic E-state index is 13.6. The maximum atomic E-state index is 13.6. The average molecular weight is 417 g/mol. The monoisotopic (exact) mass is 416 g/mol. The molecule has 158 valence electrons. The van der Waals surface area contributed by atoms with E-state index in [0.29, 0.717) is 29.7 Å². The van der Waals surface area contributed by atoms with E-state index in [9.17, 15) is 9.18 Å². The zero-order chi connectivity index (χ0) is 22.1. The van der Waals surface area contributed by atoms with Gasteiger partial charge in [-0.15, -0.1) is 0 Å². The van der Waals surface area contributed by atoms with Crippen LogP contribution in [0.3, 0.4) is 0 Å². The third kappa shape index (κ3) is 4.33. The number of hydrogen-bond donors (Lipinski definition) is 1. The Bertz CT molecular complexity index is 1290. The molecule has 2 heterocycles. The molecule has 5 nitrogen and oxygen atoms in total. The molecule has 0 aliphatic rings. The van der Waals surface area contributed by atoms with E-state index in [4.69, 9.17) is 0 Å². The van der Waals surface area contributed by atoms with Gasteiger partial charge >= 0.3 is 0 Å². The molecule has 0 aliphatic heterocycles. The lowest BCUT2D eigenvalue weighted by molar-refractivity contribution is -0.116. The number of carbonyl (C=O) groups is 1. The highest BCUT2D eigenvalue weighted by Crippen LogP contribution is 2.23. The average Bonchev–Trinajstić information content (AvgIpc) is 3.14. The van der Waals surface area contributed by atoms with Gasteiger partial charge in [-0.2, -0.15) is 5.10 Å². The molecule has 0 saturated carbocycles. The quantitative estimate of drug-likeness (QED) is 0.478. The predicted octanol–water partition coefficient (Wildman–Crippen LogP) is 5.34. The largest absolute Gasteiger partial charge is 0.326 e. The van der Waals surface area contributed by atoms with Crippen LogP contribution < -0.4 is 5.32 Å². The Morgan fingerprint density at radius 1 is 1.06 bits per heavy atom. The molecule has 31 heavy (non-hydrogen) atoms. The number of amides is 1. The van der Waals surface area contributed by atoms with Crippen LogP contribution in [-0.4, -0.2) is 20.5 Å². The highest BCUT2D eigenvalue weighted by molar-refractivity contribution is 5.91. The molecule has 0 unspecified atom stereocenters. The highest BCUT2D eigenvalue weighted by atomic mass is 19.1. The van der Waals surface area contributed by atoms with Crippen molar-refractivity contribution in [1.82, 2.24) is 14.6 Å². The number of hydrogen-bond acceptors (Lipinski definition) is 3. The van der Waals surface area contributed by atoms with Crippen LogP contribution in [0.5, 0.6) is 0 Å². The Balaban J connectivity index is 1.55. The number of halogens is 1. The summed E-state index contributed by atoms with van der Waals surface area (Å²) >= 11 is 0. The Morgan fingerprint density at radius 3 is 2.61 bits per heavy atom. The van der Waals surface area contributed by atoms with Crippen molar-refractivity contribution in [3.05, 3.63) is 82.4 Å². The third-order valence-electron chi connectivity index (χ3n) is 5.54. The number of benzene rings is 2. The standard InChI is InChI=1S/C25H25FN4O/c1-15-8-10-22(16(2)12-15)28-25(31)11-9-21-17(3)27-24-14-23(29-30(24)18(21)4)19-6-5-7-20(26)13-19/h5-8,10,12-14H,9,11H2,1-4H3,(H,28,31). The smallest absolute Gasteiger partial charge is 0.224 e. The normalized spacial score (nSPS) is 11.1. The molecule has 4 rings (SSSR count). The molecule has 2 aromatic heterocycles. The van der Waals surface area contributed by atoms with Crippen molar-refractivity contribution < 1.29 is 9.18 Å². The molecule has 1 N–H and O–H groups in total. The molecule has 0 aliphatic carbocycles. The summed E-state index contributed by atoms with van der Waals surface area (Å²) in [5, 5.41) is 7.62. The molecule has 1 amide bonds. The second-order valence-electron chi connectivity index (χ2n) is 7.94. The van der Waals surface area contributed by atoms with Crippen LogP contribution in [-0.2, 0) is 11.2 Å². The highest BCUT2D eigenvalue weighted by Gasteiger charge is 2.15. The van der Waals surface area contributed by atoms with Crippen LogP contribution in [0.4, 0.5) is 10.1 Å². The fraction of sp³-hybridized carbons (Fsp3) is 0.240. The summed E-state index contributed by atoms with van der Waals surface area (Å²) in [5.74, 6) is -0.335. The summed E-state index contributed by atoms with van der Waals surface area (Å²) in [4.78, 5) is 17.2. The van der Waals surface area contributed by atoms with Crippen LogP contribution in [0, 0.1) is 33.5 Å². The minimum absolute atomic E-state index is 0.0354. The van der Waals surface area contributed by atoms with Gasteiger partial charge < -0.3 is 5.32 Å². The second-order valence-corrected chi connectivity index (χ2v) is 7.94. The number of anilines is 1. The van der Waals surface area contributed by atoms with Gasteiger partial charge in [0.1, 0.15) is 5.82 Å². The van der Waals surface area contributed by atoms with Gasteiger partial charge in [0.25, 0.3) is 0 Å². The van der Waals surface area contributed by atoms with Crippen molar-refractivity contribution >= 4 is 17.2 Å². The zero-order valence-electron chi connectivity index (χ0n) is 18.2. The van der Waals surface area contributed by atoms with Gasteiger partial charge in [-0.1, -0.05) is 29.8 Å². The molecular weight excluding hydrogens is 391 g/mol. The Morgan fingerprint density at radius 2 is 1.87 bits per heavy atom. The number of fused-ring (bicyclic) bond motifs is 1. The molecule has 4 aromatic rings. The molecular formula is C25H25FN4O. The van der Waals surface area contributed by atoms with Crippen molar-refractivity contribution in [2.75, 3.05) is 5.32 Å². The summed E-state index contributed by atoms with van der Waals surface area (Å²) in [6.45, 7) is 7.94. The molecule has 0 spiro atoms. The number of aryl methyl sites for hydroxylation is 4. The number of nitrogens with zero attached hydrogens (tertiary/aromatic N) is 3. The fourth-order valence-corrected chi connectivity index (χ4v) is 3.88. The molecule has 0 bridgehead atoms. The first-order chi connectivity index (χ1) is 14.8. The molecule has 0 fully saturated rings. The Hall–Kier alpha value is -3.54. The summed E-state index contributed by atoms with van der Waals surface area (Å²) in [6.07, 6.45) is 0.909. The minimum atomic E-state index is -0.300. The van der Waals surface area contributed by atoms with Gasteiger partial charge in [0.2, 0.25) is 5.91 Å². The number of carbonyl (C=O) groups excluding carboxylic acids is 1. The molecule has 0 atom stereocenters. The van der Waals surface area contributed by atoms with Gasteiger partial charge in [0.15, 0.2) is 5.65 Å². The van der Waals surface area contributed by atoms with Gasteiger partial charge in [-0.05, 0) is 63.4 Å². The van der Waals surface area contributed by atoms with Gasteiger partial charge in [-0.25, -0.2) is 13.9 Å². The number of aromatic nitrogens is 3. The predicted molar refractivity (Wildman–Crippen MR) is 121 cm³/mol. The second kappa shape index (κ2) is 8.30. The third-order valence-corrected chi connectivity index (χ3v) is 5.54. The summed E-state index contributed by atoms with van der Waals surface area (Å²) in [6, 6.07) is 14.2. The number of nitrogens with one attached hydrogen (secondary N) is 1. The van der Waals surface area contributed by atoms with Crippen molar-refractivity contribution in [3.63, 3.8) is 0 Å². The molecule has 2 aromatic carbocycles. The summed E-state index contributed by atoms with van der Waals surface area (Å²) in [7, 11) is 0. The van der Waals surface area contributed by atoms with E-state index >= 15 is 0 Å². The molecule has 6 heteroatoms. The van der Waals surface area contributed by atoms with E-state index in [-0.39, 0.29) is 11.7 Å². The van der Waals surface area contributed by atoms with E-state index < -0.39 is 0 Å². The van der Waals surface area contributed by atoms with Crippen LogP contribution in [0.25, 0.3) is 16.9 Å². The lowest BCUT2D eigenvalue weighted by atomic mass is 10.1. The first-order valence-electron chi connectivity index (χ1n) is 10.3. The van der Waals surface area contributed by atoms with Crippen LogP contribution in [0.15, 0.2) is 48.5 Å². The van der Waals surface area contributed by atoms with Crippen LogP contribution in [0.1, 0.15) is 34.5 Å². The van der Waals surface area contributed by atoms with Crippen LogP contribution >= 0.6 is 0 Å². The Kier molecular flexibility index (Phi) is 5.55. The van der Waals surface area contributed by atoms with Gasteiger partial charge in [0, 0.05) is 35.1 Å². The van der Waals surface area contributed by atoms with Crippen molar-refractivity contribution in [1.29, 1.82) is 0 Å². The summed E-state index contributed by atoms with van der Waals surface area (Å²) < 4.78 is 15.4. The topological polar surface area (TPSA) is 59.3 Å². The number of rotatable bonds is 5. The lowest BCUT2D eigenvalue weighted by Crippen LogP contribution is -2.15. The van der Waals surface area contributed by atoms with E-state index in [1.165, 1.54) is 12.1 Å². The van der Waals surface area contributed by atoms with E-state index in [2.05, 4.69) is 21.5 Å². The Labute approximate surface area is 181 Å². The minimum Gasteiger partial charge on any atom is -0.326 e. The first-order valence-corrected chi connectivity index (χ1v) is 10.3. The van der Waals surface area contributed by atoms with Crippen molar-refractivity contribution in [2.24, 2.45) is 0 Å². The van der Waals surface area contributed by atoms with E-state index in [1.807, 2.05) is 52.0 Å². The zero-order valence-corrected chi connectivity index (χ0v) is 18.2. The van der Waals surface area contributed by atoms with E-state index in [0.717, 1.165) is 33.8 Å². The molecule has 0 saturated heterocycles. The van der Waals surface area contributed by atoms with E-state index in [1.54, 1.807) is 10.6 Å². The van der Waals surface area contributed by atoms with Crippen molar-refractivity contribution in [2.45, 2.75) is 40.5 Å². The first kappa shape index (κ1) is 20.7. The van der Waals surface area contributed by atoms with Crippen LogP contribution in [0.2, 0.25) is 0 Å². The van der Waals surface area contributed by atoms with Gasteiger partial charge in [0.05, 0.1) is 5.69 Å². The SMILES string of the molecule is Cc1ccc(NC(=O)CCc2c(C)nc3cc(-c4cccc(F)c4)nn3c2C)c(C)c1. The maximum Gasteiger partial charge on any atom is 0.224 e.